The molecule has 4 rings (SSSR count). The maximum Gasteiger partial charge on any atom is 0.311 e. The number of amides is 2. The number of likely N-dealkylation sites (tertiary alicyclic amines) is 1. The molecule has 3 heterocycles. The van der Waals surface area contributed by atoms with E-state index in [0.717, 1.165) is 11.3 Å². The van der Waals surface area contributed by atoms with Gasteiger partial charge < -0.3 is 14.5 Å². The van der Waals surface area contributed by atoms with Crippen molar-refractivity contribution in [3.05, 3.63) is 59.4 Å². The number of hydrogen-bond donors (Lipinski definition) is 0. The highest BCUT2D eigenvalue weighted by Crippen LogP contribution is 2.29. The average Bonchev–Trinajstić information content (AvgIpc) is 3.27. The van der Waals surface area contributed by atoms with Gasteiger partial charge in [-0.3, -0.25) is 24.2 Å². The van der Waals surface area contributed by atoms with Crippen LogP contribution >= 0.6 is 0 Å². The number of ether oxygens (including phenoxy) is 1. The first-order valence-corrected chi connectivity index (χ1v) is 11.2. The molecule has 0 N–H and O–H groups in total. The summed E-state index contributed by atoms with van der Waals surface area (Å²) in [6.07, 6.45) is 4.18. The van der Waals surface area contributed by atoms with E-state index in [2.05, 4.69) is 4.98 Å². The molecule has 0 saturated carbocycles. The molecule has 2 aliphatic heterocycles. The van der Waals surface area contributed by atoms with Crippen LogP contribution in [0, 0.1) is 5.92 Å². The number of fused-ring (bicyclic) bond motifs is 1. The minimum absolute atomic E-state index is 0.0286. The lowest BCUT2D eigenvalue weighted by atomic mass is 9.97. The SMILES string of the molecule is CC(=O)N1CCc2cc(C(=O)[C@@H](C)OC(=O)[C@H]3CCCN(C(=O)c4ccncc4)C3)ccc21. The van der Waals surface area contributed by atoms with Crippen LogP contribution in [0.3, 0.4) is 0 Å². The Balaban J connectivity index is 1.37. The Morgan fingerprint density at radius 3 is 2.55 bits per heavy atom. The van der Waals surface area contributed by atoms with E-state index < -0.39 is 18.0 Å². The van der Waals surface area contributed by atoms with Crippen LogP contribution in [-0.2, 0) is 20.7 Å². The molecule has 8 heteroatoms. The number of hydrogen-bond acceptors (Lipinski definition) is 6. The third-order valence-electron chi connectivity index (χ3n) is 6.27. The predicted molar refractivity (Wildman–Crippen MR) is 121 cm³/mol. The Kier molecular flexibility index (Phi) is 6.53. The first-order chi connectivity index (χ1) is 15.8. The molecular formula is C25H27N3O5. The van der Waals surface area contributed by atoms with Gasteiger partial charge in [-0.25, -0.2) is 0 Å². The molecule has 172 valence electrons. The normalized spacial score (nSPS) is 18.4. The molecule has 0 bridgehead atoms. The van der Waals surface area contributed by atoms with Crippen molar-refractivity contribution in [3.63, 3.8) is 0 Å². The molecule has 2 amide bonds. The molecule has 2 aromatic rings. The van der Waals surface area contributed by atoms with E-state index in [9.17, 15) is 19.2 Å². The summed E-state index contributed by atoms with van der Waals surface area (Å²) in [5.41, 5.74) is 2.75. The average molecular weight is 450 g/mol. The van der Waals surface area contributed by atoms with E-state index in [1.807, 2.05) is 0 Å². The number of benzene rings is 1. The fraction of sp³-hybridized carbons (Fsp3) is 0.400. The zero-order chi connectivity index (χ0) is 23.5. The van der Waals surface area contributed by atoms with Crippen LogP contribution in [0.1, 0.15) is 53.0 Å². The number of pyridine rings is 1. The van der Waals surface area contributed by atoms with E-state index in [1.165, 1.54) is 6.92 Å². The summed E-state index contributed by atoms with van der Waals surface area (Å²) in [6.45, 7) is 4.53. The highest BCUT2D eigenvalue weighted by atomic mass is 16.5. The number of carbonyl (C=O) groups excluding carboxylic acids is 4. The Labute approximate surface area is 192 Å². The molecule has 2 aliphatic rings. The van der Waals surface area contributed by atoms with Crippen LogP contribution in [0.2, 0.25) is 0 Å². The Morgan fingerprint density at radius 1 is 1.06 bits per heavy atom. The maximum absolute atomic E-state index is 12.9. The number of carbonyl (C=O) groups is 4. The number of aromatic nitrogens is 1. The summed E-state index contributed by atoms with van der Waals surface area (Å²) in [5.74, 6) is -1.39. The molecule has 0 radical (unpaired) electrons. The molecule has 1 aromatic carbocycles. The van der Waals surface area contributed by atoms with Crippen LogP contribution in [0.5, 0.6) is 0 Å². The van der Waals surface area contributed by atoms with Crippen molar-refractivity contribution in [1.29, 1.82) is 0 Å². The zero-order valence-corrected chi connectivity index (χ0v) is 18.8. The fourth-order valence-corrected chi connectivity index (χ4v) is 4.47. The maximum atomic E-state index is 12.9. The lowest BCUT2D eigenvalue weighted by Crippen LogP contribution is -2.43. The quantitative estimate of drug-likeness (QED) is 0.514. The molecule has 33 heavy (non-hydrogen) atoms. The van der Waals surface area contributed by atoms with Crippen LogP contribution in [0.4, 0.5) is 5.69 Å². The molecular weight excluding hydrogens is 422 g/mol. The van der Waals surface area contributed by atoms with Crippen molar-refractivity contribution in [2.24, 2.45) is 5.92 Å². The fourth-order valence-electron chi connectivity index (χ4n) is 4.47. The third-order valence-corrected chi connectivity index (χ3v) is 6.27. The van der Waals surface area contributed by atoms with Crippen LogP contribution in [0.15, 0.2) is 42.7 Å². The van der Waals surface area contributed by atoms with E-state index >= 15 is 0 Å². The number of rotatable bonds is 5. The summed E-state index contributed by atoms with van der Waals surface area (Å²) >= 11 is 0. The largest absolute Gasteiger partial charge is 0.454 e. The van der Waals surface area contributed by atoms with Crippen molar-refractivity contribution in [3.8, 4) is 0 Å². The second-order valence-corrected chi connectivity index (χ2v) is 8.53. The Hall–Kier alpha value is -3.55. The third kappa shape index (κ3) is 4.79. The summed E-state index contributed by atoms with van der Waals surface area (Å²) in [4.78, 5) is 57.4. The second kappa shape index (κ2) is 9.52. The Morgan fingerprint density at radius 2 is 1.82 bits per heavy atom. The van der Waals surface area contributed by atoms with Gasteiger partial charge in [0, 0.05) is 55.8 Å². The molecule has 1 saturated heterocycles. The lowest BCUT2D eigenvalue weighted by molar-refractivity contribution is -0.152. The molecule has 0 unspecified atom stereocenters. The van der Waals surface area contributed by atoms with Crippen LogP contribution in [-0.4, -0.2) is 59.2 Å². The summed E-state index contributed by atoms with van der Waals surface area (Å²) in [6, 6.07) is 8.52. The number of piperidine rings is 1. The molecule has 2 atom stereocenters. The van der Waals surface area contributed by atoms with Crippen molar-refractivity contribution < 1.29 is 23.9 Å². The minimum atomic E-state index is -0.938. The van der Waals surface area contributed by atoms with Gasteiger partial charge in [-0.1, -0.05) is 0 Å². The number of anilines is 1. The number of esters is 1. The Bertz CT molecular complexity index is 1080. The molecule has 8 nitrogen and oxygen atoms in total. The van der Waals surface area contributed by atoms with Gasteiger partial charge in [0.25, 0.3) is 5.91 Å². The topological polar surface area (TPSA) is 96.9 Å². The number of ketones is 1. The van der Waals surface area contributed by atoms with Gasteiger partial charge in [0.2, 0.25) is 11.7 Å². The summed E-state index contributed by atoms with van der Waals surface area (Å²) in [5, 5.41) is 0. The summed E-state index contributed by atoms with van der Waals surface area (Å²) in [7, 11) is 0. The highest BCUT2D eigenvalue weighted by Gasteiger charge is 2.32. The number of Topliss-reactive ketones (excluding diaryl/α,β-unsaturated/α-hetero) is 1. The molecule has 1 aromatic heterocycles. The highest BCUT2D eigenvalue weighted by molar-refractivity contribution is 6.02. The van der Waals surface area contributed by atoms with Gasteiger partial charge in [0.15, 0.2) is 6.10 Å². The van der Waals surface area contributed by atoms with E-state index in [0.29, 0.717) is 43.5 Å². The van der Waals surface area contributed by atoms with Gasteiger partial charge >= 0.3 is 5.97 Å². The zero-order valence-electron chi connectivity index (χ0n) is 18.8. The van der Waals surface area contributed by atoms with Crippen LogP contribution in [0.25, 0.3) is 0 Å². The molecule has 1 fully saturated rings. The van der Waals surface area contributed by atoms with E-state index in [1.54, 1.807) is 59.4 Å². The molecule has 0 aliphatic carbocycles. The number of nitrogens with zero attached hydrogens (tertiary/aromatic N) is 3. The van der Waals surface area contributed by atoms with Crippen molar-refractivity contribution in [1.82, 2.24) is 9.88 Å². The second-order valence-electron chi connectivity index (χ2n) is 8.53. The van der Waals surface area contributed by atoms with Crippen molar-refractivity contribution >= 4 is 29.3 Å². The smallest absolute Gasteiger partial charge is 0.311 e. The summed E-state index contributed by atoms with van der Waals surface area (Å²) < 4.78 is 5.52. The predicted octanol–water partition coefficient (Wildman–Crippen LogP) is 2.66. The monoisotopic (exact) mass is 449 g/mol. The van der Waals surface area contributed by atoms with E-state index in [4.69, 9.17) is 4.74 Å². The lowest BCUT2D eigenvalue weighted by Gasteiger charge is -2.32. The van der Waals surface area contributed by atoms with Gasteiger partial charge in [0.1, 0.15) is 0 Å². The minimum Gasteiger partial charge on any atom is -0.454 e. The first-order valence-electron chi connectivity index (χ1n) is 11.2. The molecule has 0 spiro atoms. The first kappa shape index (κ1) is 22.6. The van der Waals surface area contributed by atoms with Crippen LogP contribution < -0.4 is 4.90 Å². The van der Waals surface area contributed by atoms with Crippen molar-refractivity contribution in [2.45, 2.75) is 39.2 Å². The van der Waals surface area contributed by atoms with Gasteiger partial charge in [0.05, 0.1) is 5.92 Å². The van der Waals surface area contributed by atoms with Crippen molar-refractivity contribution in [2.75, 3.05) is 24.5 Å². The van der Waals surface area contributed by atoms with Gasteiger partial charge in [-0.15, -0.1) is 0 Å². The standard InChI is InChI=1S/C25H27N3O5/c1-16(23(30)20-5-6-22-19(14-20)9-13-28(22)17(2)29)33-25(32)21-4-3-12-27(15-21)24(31)18-7-10-26-11-8-18/h5-8,10-11,14,16,21H,3-4,9,12-13,15H2,1-2H3/t16-,21+/m1/s1. The van der Waals surface area contributed by atoms with Gasteiger partial charge in [-0.2, -0.15) is 0 Å². The van der Waals surface area contributed by atoms with E-state index in [-0.39, 0.29) is 24.1 Å². The van der Waals surface area contributed by atoms with Gasteiger partial charge in [-0.05, 0) is 62.1 Å².